The van der Waals surface area contributed by atoms with Gasteiger partial charge in [-0.1, -0.05) is 11.6 Å². The van der Waals surface area contributed by atoms with Gasteiger partial charge in [-0.2, -0.15) is 5.26 Å². The number of urea groups is 1. The number of nitrogens with zero attached hydrogens (tertiary/aromatic N) is 5. The Kier molecular flexibility index (Phi) is 7.67. The molecular weight excluding hydrogens is 482 g/mol. The summed E-state index contributed by atoms with van der Waals surface area (Å²) < 4.78 is 1.77. The molecule has 3 aromatic rings. The molecule has 0 saturated heterocycles. The van der Waals surface area contributed by atoms with Gasteiger partial charge in [-0.05, 0) is 48.5 Å². The van der Waals surface area contributed by atoms with E-state index in [1.165, 1.54) is 0 Å². The van der Waals surface area contributed by atoms with E-state index in [1.54, 1.807) is 53.5 Å². The number of hydrogen-bond acceptors (Lipinski definition) is 7. The van der Waals surface area contributed by atoms with Crippen molar-refractivity contribution < 1.29 is 9.59 Å². The molecule has 0 bridgehead atoms. The molecule has 36 heavy (non-hydrogen) atoms. The van der Waals surface area contributed by atoms with E-state index in [1.807, 2.05) is 30.3 Å². The van der Waals surface area contributed by atoms with Crippen LogP contribution < -0.4 is 26.2 Å². The number of rotatable bonds is 7. The second-order valence-electron chi connectivity index (χ2n) is 8.02. The Morgan fingerprint density at radius 2 is 1.81 bits per heavy atom. The Labute approximate surface area is 212 Å². The predicted octanol–water partition coefficient (Wildman–Crippen LogP) is 2.69. The van der Waals surface area contributed by atoms with Crippen LogP contribution in [0.15, 0.2) is 66.0 Å². The number of guanidine groups is 1. The fraction of sp³-hybridized carbons (Fsp3) is 0.208. The molecule has 0 spiro atoms. The van der Waals surface area contributed by atoms with E-state index in [2.05, 4.69) is 31.2 Å². The van der Waals surface area contributed by atoms with E-state index in [0.29, 0.717) is 41.1 Å². The molecule has 1 aromatic heterocycles. The van der Waals surface area contributed by atoms with Gasteiger partial charge in [0.1, 0.15) is 6.04 Å². The molecule has 0 fully saturated rings. The van der Waals surface area contributed by atoms with Gasteiger partial charge in [0.2, 0.25) is 11.9 Å². The minimum Gasteiger partial charge on any atom is -0.340 e. The molecule has 12 heteroatoms. The van der Waals surface area contributed by atoms with Crippen molar-refractivity contribution in [3.63, 3.8) is 0 Å². The lowest BCUT2D eigenvalue weighted by molar-refractivity contribution is -0.117. The molecule has 1 aliphatic heterocycles. The molecule has 3 amide bonds. The van der Waals surface area contributed by atoms with Crippen molar-refractivity contribution in [1.29, 1.82) is 5.26 Å². The van der Waals surface area contributed by atoms with Crippen LogP contribution in [0.25, 0.3) is 0 Å². The quantitative estimate of drug-likeness (QED) is 0.287. The van der Waals surface area contributed by atoms with Gasteiger partial charge < -0.3 is 25.4 Å². The molecule has 1 aliphatic rings. The Morgan fingerprint density at radius 1 is 1.11 bits per heavy atom. The van der Waals surface area contributed by atoms with Crippen LogP contribution in [0.2, 0.25) is 5.02 Å². The number of aliphatic imine (C=N–C) groups is 1. The molecule has 4 N–H and O–H groups in total. The number of carbonyl (C=O) groups excluding carboxylic acids is 2. The van der Waals surface area contributed by atoms with Gasteiger partial charge in [0, 0.05) is 48.3 Å². The third kappa shape index (κ3) is 6.31. The Bertz CT molecular complexity index is 1300. The van der Waals surface area contributed by atoms with Crippen molar-refractivity contribution in [1.82, 2.24) is 20.2 Å². The zero-order chi connectivity index (χ0) is 25.5. The van der Waals surface area contributed by atoms with Gasteiger partial charge in [-0.15, -0.1) is 0 Å². The lowest BCUT2D eigenvalue weighted by Gasteiger charge is -2.20. The van der Waals surface area contributed by atoms with Crippen molar-refractivity contribution >= 4 is 46.6 Å². The van der Waals surface area contributed by atoms with Crippen LogP contribution in [0.4, 0.5) is 21.9 Å². The molecule has 2 aromatic carbocycles. The summed E-state index contributed by atoms with van der Waals surface area (Å²) in [5, 5.41) is 20.3. The monoisotopic (exact) mass is 505 g/mol. The summed E-state index contributed by atoms with van der Waals surface area (Å²) in [4.78, 5) is 36.2. The first-order chi connectivity index (χ1) is 17.4. The average Bonchev–Trinajstić information content (AvgIpc) is 3.49. The third-order valence-corrected chi connectivity index (χ3v) is 5.60. The van der Waals surface area contributed by atoms with E-state index in [0.717, 1.165) is 5.69 Å². The van der Waals surface area contributed by atoms with Gasteiger partial charge in [0.05, 0.1) is 18.6 Å². The van der Waals surface area contributed by atoms with Crippen LogP contribution in [-0.4, -0.2) is 46.6 Å². The second-order valence-corrected chi connectivity index (χ2v) is 8.46. The first kappa shape index (κ1) is 24.6. The smallest absolute Gasteiger partial charge is 0.319 e. The number of anilines is 3. The topological polar surface area (TPSA) is 139 Å². The minimum atomic E-state index is -0.885. The maximum Gasteiger partial charge on any atom is 0.319 e. The highest BCUT2D eigenvalue weighted by Crippen LogP contribution is 2.20. The van der Waals surface area contributed by atoms with Crippen molar-refractivity contribution in [2.24, 2.45) is 12.0 Å². The number of halogens is 1. The lowest BCUT2D eigenvalue weighted by atomic mass is 10.1. The van der Waals surface area contributed by atoms with Crippen molar-refractivity contribution in [2.45, 2.75) is 12.5 Å². The van der Waals surface area contributed by atoms with E-state index in [4.69, 9.17) is 16.9 Å². The van der Waals surface area contributed by atoms with E-state index in [-0.39, 0.29) is 6.42 Å². The largest absolute Gasteiger partial charge is 0.340 e. The maximum atomic E-state index is 13.2. The highest BCUT2D eigenvalue weighted by atomic mass is 35.5. The number of hydrogen-bond donors (Lipinski definition) is 4. The molecule has 0 saturated carbocycles. The number of benzene rings is 2. The number of imidazole rings is 1. The number of aromatic nitrogens is 2. The Hall–Kier alpha value is -4.56. The summed E-state index contributed by atoms with van der Waals surface area (Å²) in [6.45, 7) is 1.23. The van der Waals surface area contributed by atoms with Crippen LogP contribution in [-0.2, 0) is 18.3 Å². The molecule has 0 aliphatic carbocycles. The van der Waals surface area contributed by atoms with Crippen molar-refractivity contribution in [3.05, 3.63) is 71.8 Å². The summed E-state index contributed by atoms with van der Waals surface area (Å²) >= 11 is 5.90. The summed E-state index contributed by atoms with van der Waals surface area (Å²) in [6, 6.07) is 12.4. The van der Waals surface area contributed by atoms with Crippen LogP contribution in [0.3, 0.4) is 0 Å². The van der Waals surface area contributed by atoms with E-state index >= 15 is 0 Å². The average molecular weight is 506 g/mol. The van der Waals surface area contributed by atoms with Crippen LogP contribution in [0.1, 0.15) is 5.69 Å². The number of nitrogens with one attached hydrogen (secondary N) is 4. The van der Waals surface area contributed by atoms with Gasteiger partial charge >= 0.3 is 6.03 Å². The Morgan fingerprint density at radius 3 is 2.47 bits per heavy atom. The number of amides is 3. The van der Waals surface area contributed by atoms with E-state index in [9.17, 15) is 9.59 Å². The summed E-state index contributed by atoms with van der Waals surface area (Å²) in [5.74, 6) is 0.0924. The summed E-state index contributed by atoms with van der Waals surface area (Å²) in [5.41, 5.74) is 2.59. The fourth-order valence-corrected chi connectivity index (χ4v) is 3.79. The normalized spacial score (nSPS) is 13.4. The van der Waals surface area contributed by atoms with Crippen LogP contribution in [0.5, 0.6) is 0 Å². The SMILES string of the molecule is Cn1cnc(C[C@@H](NC(=O)Nc2ccc(Cl)cc2)C(=O)Nc2ccc(N3CCN=C3NC#N)cc2)c1. The van der Waals surface area contributed by atoms with Crippen LogP contribution >= 0.6 is 11.6 Å². The molecule has 2 heterocycles. The van der Waals surface area contributed by atoms with Gasteiger partial charge in [0.15, 0.2) is 6.19 Å². The number of aryl methyl sites for hydroxylation is 1. The summed E-state index contributed by atoms with van der Waals surface area (Å²) in [6.07, 6.45) is 5.51. The molecular formula is C24H24ClN9O2. The maximum absolute atomic E-state index is 13.2. The molecule has 4 rings (SSSR count). The van der Waals surface area contributed by atoms with Crippen LogP contribution in [0, 0.1) is 11.5 Å². The second kappa shape index (κ2) is 11.2. The first-order valence-electron chi connectivity index (χ1n) is 11.1. The number of nitriles is 1. The summed E-state index contributed by atoms with van der Waals surface area (Å²) in [7, 11) is 1.83. The van der Waals surface area contributed by atoms with Crippen molar-refractivity contribution in [2.75, 3.05) is 28.6 Å². The molecule has 11 nitrogen and oxygen atoms in total. The molecule has 0 radical (unpaired) electrons. The third-order valence-electron chi connectivity index (χ3n) is 5.35. The van der Waals surface area contributed by atoms with Gasteiger partial charge in [0.25, 0.3) is 0 Å². The fourth-order valence-electron chi connectivity index (χ4n) is 3.66. The predicted molar refractivity (Wildman–Crippen MR) is 138 cm³/mol. The molecule has 1 atom stereocenters. The molecule has 0 unspecified atom stereocenters. The van der Waals surface area contributed by atoms with E-state index < -0.39 is 18.0 Å². The van der Waals surface area contributed by atoms with Gasteiger partial charge in [-0.3, -0.25) is 15.1 Å². The zero-order valence-electron chi connectivity index (χ0n) is 19.4. The number of carbonyl (C=O) groups is 2. The highest BCUT2D eigenvalue weighted by Gasteiger charge is 2.23. The standard InChI is InChI=1S/C24H24ClN9O2/c1-33-13-19(29-15-33)12-21(32-24(36)31-18-4-2-16(25)3-5-18)22(35)30-17-6-8-20(9-7-17)34-11-10-27-23(34)28-14-26/h2-9,13,15,21H,10-12H2,1H3,(H,27,28)(H,30,35)(H2,31,32,36)/t21-/m1/s1. The van der Waals surface area contributed by atoms with Gasteiger partial charge in [-0.25, -0.2) is 9.78 Å². The first-order valence-corrected chi connectivity index (χ1v) is 11.5. The molecule has 184 valence electrons. The zero-order valence-corrected chi connectivity index (χ0v) is 20.2. The lowest BCUT2D eigenvalue weighted by Crippen LogP contribution is -2.47. The minimum absolute atomic E-state index is 0.201. The van der Waals surface area contributed by atoms with Crippen molar-refractivity contribution in [3.8, 4) is 6.19 Å². The Balaban J connectivity index is 1.43. The highest BCUT2D eigenvalue weighted by molar-refractivity contribution is 6.30.